The zero-order valence-electron chi connectivity index (χ0n) is 14.3. The molecule has 7 nitrogen and oxygen atoms in total. The molecule has 0 aliphatic rings. The van der Waals surface area contributed by atoms with Crippen LogP contribution in [0.4, 0.5) is 5.69 Å². The van der Waals surface area contributed by atoms with Gasteiger partial charge in [-0.05, 0) is 31.2 Å². The van der Waals surface area contributed by atoms with E-state index in [1.165, 1.54) is 36.0 Å². The molecule has 0 bridgehead atoms. The summed E-state index contributed by atoms with van der Waals surface area (Å²) in [7, 11) is 0. The fourth-order valence-corrected chi connectivity index (χ4v) is 3.62. The molecule has 0 amide bonds. The Kier molecular flexibility index (Phi) is 5.88. The van der Waals surface area contributed by atoms with Gasteiger partial charge in [0.25, 0.3) is 5.69 Å². The van der Waals surface area contributed by atoms with Crippen molar-refractivity contribution in [1.82, 2.24) is 14.8 Å². The molecule has 3 aromatic rings. The summed E-state index contributed by atoms with van der Waals surface area (Å²) >= 11 is 7.52. The van der Waals surface area contributed by atoms with E-state index in [0.717, 1.165) is 5.56 Å². The number of Topliss-reactive ketones (excluding diaryl/α,β-unsaturated/α-hetero) is 1. The molecule has 27 heavy (non-hydrogen) atoms. The number of non-ortho nitro benzene ring substituents is 1. The van der Waals surface area contributed by atoms with Crippen LogP contribution in [-0.4, -0.2) is 31.2 Å². The lowest BCUT2D eigenvalue weighted by Crippen LogP contribution is -2.05. The number of thioether (sulfide) groups is 1. The van der Waals surface area contributed by atoms with Gasteiger partial charge in [0.1, 0.15) is 0 Å². The van der Waals surface area contributed by atoms with Gasteiger partial charge in [-0.2, -0.15) is 0 Å². The summed E-state index contributed by atoms with van der Waals surface area (Å²) < 4.78 is 1.90. The molecule has 0 fully saturated rings. The van der Waals surface area contributed by atoms with Gasteiger partial charge in [0.2, 0.25) is 0 Å². The molecule has 0 unspecified atom stereocenters. The van der Waals surface area contributed by atoms with Crippen molar-refractivity contribution in [2.45, 2.75) is 18.6 Å². The van der Waals surface area contributed by atoms with Crippen molar-refractivity contribution in [3.63, 3.8) is 0 Å². The average Bonchev–Trinajstić information content (AvgIpc) is 3.09. The first kappa shape index (κ1) is 19.1. The van der Waals surface area contributed by atoms with Crippen LogP contribution in [-0.2, 0) is 6.54 Å². The van der Waals surface area contributed by atoms with E-state index >= 15 is 0 Å². The Hall–Kier alpha value is -2.71. The standard InChI is InChI=1S/C18H15ClN4O3S/c1-2-22-17(14-5-3-4-6-15(14)19)20-21-18(22)27-11-16(24)12-7-9-13(10-8-12)23(25)26/h3-10H,2,11H2,1H3. The zero-order chi connectivity index (χ0) is 19.4. The number of benzene rings is 2. The van der Waals surface area contributed by atoms with Crippen molar-refractivity contribution >= 4 is 34.8 Å². The SMILES string of the molecule is CCn1c(SCC(=O)c2ccc([N+](=O)[O-])cc2)nnc1-c1ccccc1Cl. The predicted molar refractivity (Wildman–Crippen MR) is 104 cm³/mol. The molecule has 0 aliphatic carbocycles. The van der Waals surface area contributed by atoms with Crippen LogP contribution in [0.1, 0.15) is 17.3 Å². The molecule has 0 radical (unpaired) electrons. The highest BCUT2D eigenvalue weighted by Gasteiger charge is 2.17. The van der Waals surface area contributed by atoms with E-state index in [2.05, 4.69) is 10.2 Å². The second kappa shape index (κ2) is 8.32. The molecule has 0 N–H and O–H groups in total. The highest BCUT2D eigenvalue weighted by Crippen LogP contribution is 2.29. The fourth-order valence-electron chi connectivity index (χ4n) is 2.50. The van der Waals surface area contributed by atoms with E-state index < -0.39 is 4.92 Å². The number of nitro groups is 1. The van der Waals surface area contributed by atoms with E-state index in [-0.39, 0.29) is 17.2 Å². The minimum Gasteiger partial charge on any atom is -0.302 e. The molecule has 0 spiro atoms. The molecular formula is C18H15ClN4O3S. The maximum Gasteiger partial charge on any atom is 0.269 e. The lowest BCUT2D eigenvalue weighted by atomic mass is 10.1. The summed E-state index contributed by atoms with van der Waals surface area (Å²) in [4.78, 5) is 22.6. The smallest absolute Gasteiger partial charge is 0.269 e. The fraction of sp³-hybridized carbons (Fsp3) is 0.167. The minimum absolute atomic E-state index is 0.0469. The van der Waals surface area contributed by atoms with Crippen LogP contribution in [0.15, 0.2) is 53.7 Å². The third-order valence-corrected chi connectivity index (χ3v) is 5.18. The summed E-state index contributed by atoms with van der Waals surface area (Å²) in [6, 6.07) is 12.9. The summed E-state index contributed by atoms with van der Waals surface area (Å²) in [6.07, 6.45) is 0. The van der Waals surface area contributed by atoms with Crippen LogP contribution < -0.4 is 0 Å². The van der Waals surface area contributed by atoms with Gasteiger partial charge in [0, 0.05) is 29.8 Å². The lowest BCUT2D eigenvalue weighted by molar-refractivity contribution is -0.384. The van der Waals surface area contributed by atoms with Crippen molar-refractivity contribution in [3.8, 4) is 11.4 Å². The molecule has 9 heteroatoms. The maximum absolute atomic E-state index is 12.4. The van der Waals surface area contributed by atoms with Gasteiger partial charge in [-0.15, -0.1) is 10.2 Å². The van der Waals surface area contributed by atoms with Gasteiger partial charge in [-0.3, -0.25) is 14.9 Å². The number of rotatable bonds is 7. The third kappa shape index (κ3) is 4.17. The Balaban J connectivity index is 1.75. The van der Waals surface area contributed by atoms with E-state index in [0.29, 0.717) is 28.1 Å². The van der Waals surface area contributed by atoms with Gasteiger partial charge in [-0.25, -0.2) is 0 Å². The van der Waals surface area contributed by atoms with Crippen LogP contribution in [0.25, 0.3) is 11.4 Å². The first-order valence-electron chi connectivity index (χ1n) is 8.09. The molecule has 1 heterocycles. The largest absolute Gasteiger partial charge is 0.302 e. The Bertz CT molecular complexity index is 989. The lowest BCUT2D eigenvalue weighted by Gasteiger charge is -2.08. The molecule has 2 aromatic carbocycles. The predicted octanol–water partition coefficient (Wildman–Crippen LogP) is 4.50. The first-order chi connectivity index (χ1) is 13.0. The molecule has 3 rings (SSSR count). The van der Waals surface area contributed by atoms with E-state index in [4.69, 9.17) is 11.6 Å². The average molecular weight is 403 g/mol. The van der Waals surface area contributed by atoms with E-state index in [9.17, 15) is 14.9 Å². The third-order valence-electron chi connectivity index (χ3n) is 3.88. The van der Waals surface area contributed by atoms with Gasteiger partial charge < -0.3 is 4.57 Å². The van der Waals surface area contributed by atoms with Gasteiger partial charge >= 0.3 is 0 Å². The zero-order valence-corrected chi connectivity index (χ0v) is 15.9. The van der Waals surface area contributed by atoms with Gasteiger partial charge in [-0.1, -0.05) is 35.5 Å². The maximum atomic E-state index is 12.4. The quantitative estimate of drug-likeness (QED) is 0.250. The van der Waals surface area contributed by atoms with E-state index in [1.807, 2.05) is 29.7 Å². The van der Waals surface area contributed by atoms with Gasteiger partial charge in [0.05, 0.1) is 15.7 Å². The van der Waals surface area contributed by atoms with Crippen LogP contribution in [0, 0.1) is 10.1 Å². The number of hydrogen-bond acceptors (Lipinski definition) is 6. The minimum atomic E-state index is -0.497. The molecule has 0 aliphatic heterocycles. The van der Waals surface area contributed by atoms with Crippen molar-refractivity contribution < 1.29 is 9.72 Å². The highest BCUT2D eigenvalue weighted by atomic mass is 35.5. The number of hydrogen-bond donors (Lipinski definition) is 0. The van der Waals surface area contributed by atoms with Gasteiger partial charge in [0.15, 0.2) is 16.8 Å². The molecule has 138 valence electrons. The van der Waals surface area contributed by atoms with Crippen LogP contribution >= 0.6 is 23.4 Å². The number of carbonyl (C=O) groups excluding carboxylic acids is 1. The normalized spacial score (nSPS) is 10.7. The highest BCUT2D eigenvalue weighted by molar-refractivity contribution is 7.99. The Morgan fingerprint density at radius 1 is 1.19 bits per heavy atom. The number of nitrogens with zero attached hydrogens (tertiary/aromatic N) is 4. The second-order valence-electron chi connectivity index (χ2n) is 5.55. The molecule has 0 saturated heterocycles. The number of aromatic nitrogens is 3. The molecule has 1 aromatic heterocycles. The van der Waals surface area contributed by atoms with E-state index in [1.54, 1.807) is 6.07 Å². The monoisotopic (exact) mass is 402 g/mol. The number of halogens is 1. The molecule has 0 atom stereocenters. The number of carbonyl (C=O) groups is 1. The summed E-state index contributed by atoms with van der Waals surface area (Å²) in [5, 5.41) is 20.3. The first-order valence-corrected chi connectivity index (χ1v) is 9.46. The Morgan fingerprint density at radius 3 is 2.52 bits per heavy atom. The van der Waals surface area contributed by atoms with Crippen LogP contribution in [0.2, 0.25) is 5.02 Å². The second-order valence-corrected chi connectivity index (χ2v) is 6.90. The van der Waals surface area contributed by atoms with Crippen LogP contribution in [0.3, 0.4) is 0 Å². The van der Waals surface area contributed by atoms with Crippen molar-refractivity contribution in [2.24, 2.45) is 0 Å². The summed E-state index contributed by atoms with van der Waals surface area (Å²) in [6.45, 7) is 2.59. The van der Waals surface area contributed by atoms with Crippen molar-refractivity contribution in [1.29, 1.82) is 0 Å². The molecular weight excluding hydrogens is 388 g/mol. The Labute approximate surface area is 164 Å². The topological polar surface area (TPSA) is 90.9 Å². The van der Waals surface area contributed by atoms with Crippen molar-refractivity contribution in [3.05, 3.63) is 69.2 Å². The van der Waals surface area contributed by atoms with Crippen molar-refractivity contribution in [2.75, 3.05) is 5.75 Å². The molecule has 0 saturated carbocycles. The van der Waals surface area contributed by atoms with Crippen LogP contribution in [0.5, 0.6) is 0 Å². The summed E-state index contributed by atoms with van der Waals surface area (Å²) in [5.41, 5.74) is 1.15. The summed E-state index contributed by atoms with van der Waals surface area (Å²) in [5.74, 6) is 0.659. The number of nitro benzene ring substituents is 1. The Morgan fingerprint density at radius 2 is 1.89 bits per heavy atom. The number of ketones is 1.